The Morgan fingerprint density at radius 1 is 1.18 bits per heavy atom. The number of aryl methyl sites for hydroxylation is 2. The Balaban J connectivity index is 1.38. The van der Waals surface area contributed by atoms with Crippen LogP contribution in [0.4, 0.5) is 5.13 Å². The first-order valence-electron chi connectivity index (χ1n) is 9.99. The fourth-order valence-corrected chi connectivity index (χ4v) is 5.18. The van der Waals surface area contributed by atoms with Crippen molar-refractivity contribution in [3.05, 3.63) is 59.2 Å². The molecule has 4 rings (SSSR count). The summed E-state index contributed by atoms with van der Waals surface area (Å²) in [5, 5.41) is 4.27. The monoisotopic (exact) mass is 393 g/mol. The summed E-state index contributed by atoms with van der Waals surface area (Å²) in [6, 6.07) is 14.6. The zero-order valence-corrected chi connectivity index (χ0v) is 17.6. The lowest BCUT2D eigenvalue weighted by Gasteiger charge is -2.31. The highest BCUT2D eigenvalue weighted by molar-refractivity contribution is 7.22. The molecule has 1 aliphatic rings. The molecule has 2 heterocycles. The molecule has 0 saturated carbocycles. The lowest BCUT2D eigenvalue weighted by Crippen LogP contribution is -2.41. The van der Waals surface area contributed by atoms with Gasteiger partial charge in [-0.2, -0.15) is 0 Å². The Hall–Kier alpha value is -2.40. The fourth-order valence-electron chi connectivity index (χ4n) is 3.98. The van der Waals surface area contributed by atoms with E-state index >= 15 is 0 Å². The molecule has 1 aliphatic heterocycles. The van der Waals surface area contributed by atoms with E-state index in [0.29, 0.717) is 0 Å². The highest BCUT2D eigenvalue weighted by atomic mass is 32.1. The predicted molar refractivity (Wildman–Crippen MR) is 117 cm³/mol. The normalized spacial score (nSPS) is 16.3. The largest absolute Gasteiger partial charge is 0.349 e. The number of hydrogen-bond donors (Lipinski definition) is 1. The first kappa shape index (κ1) is 18.9. The Bertz CT molecular complexity index is 974. The molecule has 1 atom stereocenters. The molecule has 1 saturated heterocycles. The van der Waals surface area contributed by atoms with Crippen LogP contribution in [0.25, 0.3) is 10.2 Å². The molecule has 0 aliphatic carbocycles. The average molecular weight is 394 g/mol. The van der Waals surface area contributed by atoms with Gasteiger partial charge in [-0.15, -0.1) is 0 Å². The van der Waals surface area contributed by atoms with Gasteiger partial charge in [0.2, 0.25) is 5.91 Å². The number of piperidine rings is 1. The molecule has 146 valence electrons. The molecule has 0 radical (unpaired) electrons. The van der Waals surface area contributed by atoms with Crippen LogP contribution in [0, 0.1) is 19.8 Å². The van der Waals surface area contributed by atoms with Crippen LogP contribution in [0.2, 0.25) is 0 Å². The molecule has 0 spiro atoms. The van der Waals surface area contributed by atoms with Crippen molar-refractivity contribution in [1.82, 2.24) is 10.3 Å². The number of amides is 1. The van der Waals surface area contributed by atoms with Crippen molar-refractivity contribution in [1.29, 1.82) is 0 Å². The second-order valence-corrected chi connectivity index (χ2v) is 8.84. The summed E-state index contributed by atoms with van der Waals surface area (Å²) in [6.45, 7) is 8.08. The SMILES string of the molecule is Cc1cc(C)c2nc(N3CCC(C(=O)NC(C)c4ccccc4)CC3)sc2c1. The number of rotatable bonds is 4. The topological polar surface area (TPSA) is 45.2 Å². The number of nitrogens with one attached hydrogen (secondary N) is 1. The molecular weight excluding hydrogens is 366 g/mol. The highest BCUT2D eigenvalue weighted by Crippen LogP contribution is 2.33. The van der Waals surface area contributed by atoms with E-state index in [1.165, 1.54) is 15.8 Å². The molecule has 1 fully saturated rings. The van der Waals surface area contributed by atoms with Crippen molar-refractivity contribution in [2.24, 2.45) is 5.92 Å². The summed E-state index contributed by atoms with van der Waals surface area (Å²) in [5.74, 6) is 0.257. The quantitative estimate of drug-likeness (QED) is 0.678. The zero-order valence-electron chi connectivity index (χ0n) is 16.7. The van der Waals surface area contributed by atoms with Crippen molar-refractivity contribution in [2.45, 2.75) is 39.7 Å². The second-order valence-electron chi connectivity index (χ2n) is 7.83. The van der Waals surface area contributed by atoms with E-state index < -0.39 is 0 Å². The van der Waals surface area contributed by atoms with Gasteiger partial charge in [0, 0.05) is 19.0 Å². The van der Waals surface area contributed by atoms with Gasteiger partial charge >= 0.3 is 0 Å². The maximum absolute atomic E-state index is 12.7. The number of nitrogens with zero attached hydrogens (tertiary/aromatic N) is 2. The smallest absolute Gasteiger partial charge is 0.223 e. The Morgan fingerprint density at radius 3 is 2.61 bits per heavy atom. The Kier molecular flexibility index (Phi) is 5.36. The van der Waals surface area contributed by atoms with Crippen molar-refractivity contribution in [3.8, 4) is 0 Å². The van der Waals surface area contributed by atoms with Gasteiger partial charge in [0.1, 0.15) is 0 Å². The molecule has 4 nitrogen and oxygen atoms in total. The van der Waals surface area contributed by atoms with E-state index in [-0.39, 0.29) is 17.9 Å². The van der Waals surface area contributed by atoms with E-state index in [1.54, 1.807) is 11.3 Å². The van der Waals surface area contributed by atoms with Crippen LogP contribution in [0.3, 0.4) is 0 Å². The molecular formula is C23H27N3OS. The molecule has 1 amide bonds. The van der Waals surface area contributed by atoms with Crippen LogP contribution < -0.4 is 10.2 Å². The molecule has 5 heteroatoms. The van der Waals surface area contributed by atoms with Crippen molar-refractivity contribution >= 4 is 32.6 Å². The lowest BCUT2D eigenvalue weighted by atomic mass is 9.95. The van der Waals surface area contributed by atoms with Gasteiger partial charge in [-0.05, 0) is 56.4 Å². The molecule has 3 aromatic rings. The van der Waals surface area contributed by atoms with Crippen molar-refractivity contribution in [3.63, 3.8) is 0 Å². The minimum absolute atomic E-state index is 0.0437. The zero-order chi connectivity index (χ0) is 19.7. The molecule has 1 aromatic heterocycles. The van der Waals surface area contributed by atoms with Gasteiger partial charge in [0.25, 0.3) is 0 Å². The van der Waals surface area contributed by atoms with Crippen LogP contribution in [0.5, 0.6) is 0 Å². The molecule has 2 aromatic carbocycles. The van der Waals surface area contributed by atoms with E-state index in [1.807, 2.05) is 25.1 Å². The van der Waals surface area contributed by atoms with Crippen molar-refractivity contribution < 1.29 is 4.79 Å². The van der Waals surface area contributed by atoms with Gasteiger partial charge < -0.3 is 10.2 Å². The molecule has 0 bridgehead atoms. The number of carbonyl (C=O) groups is 1. The van der Waals surface area contributed by atoms with Gasteiger partial charge in [-0.1, -0.05) is 47.7 Å². The Labute approximate surface area is 170 Å². The van der Waals surface area contributed by atoms with Gasteiger partial charge in [-0.3, -0.25) is 4.79 Å². The van der Waals surface area contributed by atoms with Crippen LogP contribution in [-0.4, -0.2) is 24.0 Å². The minimum Gasteiger partial charge on any atom is -0.349 e. The summed E-state index contributed by atoms with van der Waals surface area (Å²) in [7, 11) is 0. The summed E-state index contributed by atoms with van der Waals surface area (Å²) in [4.78, 5) is 19.9. The number of benzene rings is 2. The average Bonchev–Trinajstić information content (AvgIpc) is 3.13. The number of anilines is 1. The van der Waals surface area contributed by atoms with Crippen molar-refractivity contribution in [2.75, 3.05) is 18.0 Å². The third-order valence-electron chi connectivity index (χ3n) is 5.61. The number of thiazole rings is 1. The Morgan fingerprint density at radius 2 is 1.89 bits per heavy atom. The van der Waals surface area contributed by atoms with E-state index in [0.717, 1.165) is 42.1 Å². The van der Waals surface area contributed by atoms with Gasteiger partial charge in [0.15, 0.2) is 5.13 Å². The van der Waals surface area contributed by atoms with E-state index in [2.05, 4.69) is 48.3 Å². The molecule has 28 heavy (non-hydrogen) atoms. The van der Waals surface area contributed by atoms with E-state index in [4.69, 9.17) is 4.98 Å². The van der Waals surface area contributed by atoms with E-state index in [9.17, 15) is 4.79 Å². The predicted octanol–water partition coefficient (Wildman–Crippen LogP) is 5.01. The highest BCUT2D eigenvalue weighted by Gasteiger charge is 2.27. The standard InChI is InChI=1S/C23H27N3OS/c1-15-13-16(2)21-20(14-15)28-23(25-21)26-11-9-19(10-12-26)22(27)24-17(3)18-7-5-4-6-8-18/h4-8,13-14,17,19H,9-12H2,1-3H3,(H,24,27). The number of carbonyl (C=O) groups excluding carboxylic acids is 1. The third kappa shape index (κ3) is 3.90. The second kappa shape index (κ2) is 7.92. The first-order chi connectivity index (χ1) is 13.5. The van der Waals surface area contributed by atoms with Crippen LogP contribution in [0.1, 0.15) is 42.5 Å². The first-order valence-corrected chi connectivity index (χ1v) is 10.8. The maximum atomic E-state index is 12.7. The summed E-state index contributed by atoms with van der Waals surface area (Å²) in [5.41, 5.74) is 4.78. The number of aromatic nitrogens is 1. The number of fused-ring (bicyclic) bond motifs is 1. The van der Waals surface area contributed by atoms with Crippen LogP contribution in [0.15, 0.2) is 42.5 Å². The lowest BCUT2D eigenvalue weighted by molar-refractivity contribution is -0.126. The number of hydrogen-bond acceptors (Lipinski definition) is 4. The van der Waals surface area contributed by atoms with Crippen LogP contribution in [-0.2, 0) is 4.79 Å². The molecule has 1 unspecified atom stereocenters. The minimum atomic E-state index is 0.0437. The summed E-state index contributed by atoms with van der Waals surface area (Å²) in [6.07, 6.45) is 1.75. The van der Waals surface area contributed by atoms with Gasteiger partial charge in [0.05, 0.1) is 16.3 Å². The summed E-state index contributed by atoms with van der Waals surface area (Å²) >= 11 is 1.76. The molecule has 1 N–H and O–H groups in total. The maximum Gasteiger partial charge on any atom is 0.223 e. The van der Waals surface area contributed by atoms with Crippen LogP contribution >= 0.6 is 11.3 Å². The summed E-state index contributed by atoms with van der Waals surface area (Å²) < 4.78 is 1.25. The third-order valence-corrected chi connectivity index (χ3v) is 6.68. The van der Waals surface area contributed by atoms with Gasteiger partial charge in [-0.25, -0.2) is 4.98 Å². The fraction of sp³-hybridized carbons (Fsp3) is 0.391.